The summed E-state index contributed by atoms with van der Waals surface area (Å²) in [5.74, 6) is -0.158. The number of esters is 1. The Bertz CT molecular complexity index is 679. The molecule has 0 amide bonds. The number of likely N-dealkylation sites (N-methyl/N-ethyl adjacent to an activating group) is 1. The van der Waals surface area contributed by atoms with Gasteiger partial charge in [0.25, 0.3) is 5.56 Å². The average molecular weight is 350 g/mol. The lowest BCUT2D eigenvalue weighted by Gasteiger charge is -2.24. The highest BCUT2D eigenvalue weighted by molar-refractivity contribution is 5.93. The molecule has 7 nitrogen and oxygen atoms in total. The van der Waals surface area contributed by atoms with Crippen LogP contribution in [-0.4, -0.2) is 62.0 Å². The molecule has 0 saturated carbocycles. The Balaban J connectivity index is 1.92. The summed E-state index contributed by atoms with van der Waals surface area (Å²) in [4.78, 5) is 27.1. The monoisotopic (exact) mass is 350 g/mol. The Morgan fingerprint density at radius 3 is 2.88 bits per heavy atom. The molecular formula is C18H26N2O5. The summed E-state index contributed by atoms with van der Waals surface area (Å²) < 4.78 is 18.2. The van der Waals surface area contributed by atoms with E-state index in [0.29, 0.717) is 36.6 Å². The number of carbonyl (C=O) groups is 1. The number of pyridine rings is 1. The summed E-state index contributed by atoms with van der Waals surface area (Å²) >= 11 is 0. The summed E-state index contributed by atoms with van der Waals surface area (Å²) in [7, 11) is 3.36. The van der Waals surface area contributed by atoms with Gasteiger partial charge in [0, 0.05) is 44.4 Å². The molecule has 2 aliphatic rings. The van der Waals surface area contributed by atoms with E-state index in [1.165, 1.54) is 13.2 Å². The van der Waals surface area contributed by atoms with Gasteiger partial charge >= 0.3 is 5.97 Å². The number of fused-ring (bicyclic) bond motifs is 1. The van der Waals surface area contributed by atoms with Crippen molar-refractivity contribution in [2.45, 2.75) is 38.3 Å². The lowest BCUT2D eigenvalue weighted by molar-refractivity contribution is -0.0114. The highest BCUT2D eigenvalue weighted by atomic mass is 16.5. The molecule has 1 fully saturated rings. The molecule has 0 radical (unpaired) electrons. The third-order valence-electron chi connectivity index (χ3n) is 4.91. The van der Waals surface area contributed by atoms with E-state index >= 15 is 0 Å². The summed E-state index contributed by atoms with van der Waals surface area (Å²) in [6.07, 6.45) is 3.72. The van der Waals surface area contributed by atoms with Gasteiger partial charge in [-0.25, -0.2) is 4.79 Å². The largest absolute Gasteiger partial charge is 0.490 e. The van der Waals surface area contributed by atoms with Crippen molar-refractivity contribution in [2.75, 3.05) is 40.5 Å². The van der Waals surface area contributed by atoms with Gasteiger partial charge in [0.1, 0.15) is 17.9 Å². The zero-order valence-corrected chi connectivity index (χ0v) is 15.0. The average Bonchev–Trinajstić information content (AvgIpc) is 2.83. The molecule has 0 aromatic carbocycles. The number of rotatable bonds is 4. The van der Waals surface area contributed by atoms with Crippen molar-refractivity contribution in [1.29, 1.82) is 0 Å². The number of methoxy groups -OCH3 is 1. The molecule has 0 N–H and O–H groups in total. The number of carbonyl (C=O) groups excluding carboxylic acids is 1. The first kappa shape index (κ1) is 17.9. The second kappa shape index (κ2) is 8.01. The maximum absolute atomic E-state index is 12.5. The van der Waals surface area contributed by atoms with E-state index < -0.39 is 5.97 Å². The standard InChI is InChI=1S/C18H26N2O5/c1-19-7-6-14-17(18(22)23-2)15(11-16(21)20(14)9-8-19)25-12-13-5-3-4-10-24-13/h11,13H,3-10,12H2,1-2H3. The molecule has 0 spiro atoms. The second-order valence-corrected chi connectivity index (χ2v) is 6.66. The van der Waals surface area contributed by atoms with E-state index in [9.17, 15) is 9.59 Å². The Kier molecular flexibility index (Phi) is 5.75. The molecule has 3 rings (SSSR count). The number of hydrogen-bond acceptors (Lipinski definition) is 6. The van der Waals surface area contributed by atoms with Crippen molar-refractivity contribution in [3.63, 3.8) is 0 Å². The molecule has 138 valence electrons. The van der Waals surface area contributed by atoms with Crippen LogP contribution in [0.2, 0.25) is 0 Å². The minimum absolute atomic E-state index is 0.00643. The van der Waals surface area contributed by atoms with Gasteiger partial charge in [-0.1, -0.05) is 0 Å². The van der Waals surface area contributed by atoms with Crippen LogP contribution in [0, 0.1) is 0 Å². The molecule has 1 saturated heterocycles. The predicted molar refractivity (Wildman–Crippen MR) is 92.3 cm³/mol. The fourth-order valence-electron chi connectivity index (χ4n) is 3.41. The zero-order valence-electron chi connectivity index (χ0n) is 15.0. The molecule has 0 aliphatic carbocycles. The number of ether oxygens (including phenoxy) is 3. The first-order valence-corrected chi connectivity index (χ1v) is 8.88. The van der Waals surface area contributed by atoms with Gasteiger partial charge in [0.2, 0.25) is 0 Å². The molecule has 0 bridgehead atoms. The highest BCUT2D eigenvalue weighted by Gasteiger charge is 2.26. The van der Waals surface area contributed by atoms with Crippen molar-refractivity contribution in [3.8, 4) is 5.75 Å². The maximum Gasteiger partial charge on any atom is 0.343 e. The van der Waals surface area contributed by atoms with Crippen molar-refractivity contribution >= 4 is 5.97 Å². The van der Waals surface area contributed by atoms with Gasteiger partial charge in [0.05, 0.1) is 13.2 Å². The zero-order chi connectivity index (χ0) is 17.8. The van der Waals surface area contributed by atoms with Gasteiger partial charge in [0.15, 0.2) is 0 Å². The topological polar surface area (TPSA) is 70.0 Å². The first-order valence-electron chi connectivity index (χ1n) is 8.88. The van der Waals surface area contributed by atoms with Crippen LogP contribution in [0.5, 0.6) is 5.75 Å². The molecule has 7 heteroatoms. The van der Waals surface area contributed by atoms with E-state index in [0.717, 1.165) is 39.0 Å². The van der Waals surface area contributed by atoms with Gasteiger partial charge in [-0.2, -0.15) is 0 Å². The third-order valence-corrected chi connectivity index (χ3v) is 4.91. The normalized spacial score (nSPS) is 21.3. The summed E-state index contributed by atoms with van der Waals surface area (Å²) in [6.45, 7) is 3.17. The minimum Gasteiger partial charge on any atom is -0.490 e. The molecule has 1 unspecified atom stereocenters. The van der Waals surface area contributed by atoms with Crippen molar-refractivity contribution in [2.24, 2.45) is 0 Å². The van der Waals surface area contributed by atoms with E-state index in [2.05, 4.69) is 4.90 Å². The van der Waals surface area contributed by atoms with E-state index in [1.807, 2.05) is 7.05 Å². The fourth-order valence-corrected chi connectivity index (χ4v) is 3.41. The first-order chi connectivity index (χ1) is 12.1. The molecule has 1 aromatic heterocycles. The number of aromatic nitrogens is 1. The smallest absolute Gasteiger partial charge is 0.343 e. The highest BCUT2D eigenvalue weighted by Crippen LogP contribution is 2.25. The maximum atomic E-state index is 12.5. The number of hydrogen-bond donors (Lipinski definition) is 0. The van der Waals surface area contributed by atoms with Gasteiger partial charge in [-0.05, 0) is 26.3 Å². The molecular weight excluding hydrogens is 324 g/mol. The van der Waals surface area contributed by atoms with Crippen LogP contribution in [0.15, 0.2) is 10.9 Å². The Morgan fingerprint density at radius 2 is 2.16 bits per heavy atom. The fraction of sp³-hybridized carbons (Fsp3) is 0.667. The van der Waals surface area contributed by atoms with Crippen LogP contribution in [0.3, 0.4) is 0 Å². The predicted octanol–water partition coefficient (Wildman–Crippen LogP) is 1.07. The SMILES string of the molecule is COC(=O)c1c(OCC2CCCCO2)cc(=O)n2c1CCN(C)CC2. The quantitative estimate of drug-likeness (QED) is 0.757. The van der Waals surface area contributed by atoms with Crippen LogP contribution < -0.4 is 10.3 Å². The van der Waals surface area contributed by atoms with Crippen LogP contribution in [0.25, 0.3) is 0 Å². The minimum atomic E-state index is -0.465. The van der Waals surface area contributed by atoms with E-state index in [4.69, 9.17) is 14.2 Å². The van der Waals surface area contributed by atoms with Gasteiger partial charge in [-0.15, -0.1) is 0 Å². The van der Waals surface area contributed by atoms with Crippen molar-refractivity contribution < 1.29 is 19.0 Å². The lowest BCUT2D eigenvalue weighted by atomic mass is 10.1. The molecule has 25 heavy (non-hydrogen) atoms. The number of nitrogens with zero attached hydrogens (tertiary/aromatic N) is 2. The van der Waals surface area contributed by atoms with E-state index in [1.54, 1.807) is 4.57 Å². The van der Waals surface area contributed by atoms with Crippen LogP contribution >= 0.6 is 0 Å². The van der Waals surface area contributed by atoms with Crippen LogP contribution in [0.4, 0.5) is 0 Å². The van der Waals surface area contributed by atoms with Crippen LogP contribution in [0.1, 0.15) is 35.3 Å². The Labute approximate surface area is 147 Å². The molecule has 2 aliphatic heterocycles. The van der Waals surface area contributed by atoms with E-state index in [-0.39, 0.29) is 11.7 Å². The lowest BCUT2D eigenvalue weighted by Crippen LogP contribution is -2.30. The Morgan fingerprint density at radius 1 is 1.32 bits per heavy atom. The summed E-state index contributed by atoms with van der Waals surface area (Å²) in [6, 6.07) is 1.41. The van der Waals surface area contributed by atoms with Crippen molar-refractivity contribution in [1.82, 2.24) is 9.47 Å². The Hall–Kier alpha value is -1.86. The molecule has 3 heterocycles. The third kappa shape index (κ3) is 4.04. The van der Waals surface area contributed by atoms with Gasteiger partial charge in [-0.3, -0.25) is 4.79 Å². The molecule has 1 aromatic rings. The van der Waals surface area contributed by atoms with Crippen molar-refractivity contribution in [3.05, 3.63) is 27.7 Å². The second-order valence-electron chi connectivity index (χ2n) is 6.66. The summed E-state index contributed by atoms with van der Waals surface area (Å²) in [5.41, 5.74) is 0.925. The van der Waals surface area contributed by atoms with Crippen LogP contribution in [-0.2, 0) is 22.4 Å². The molecule has 1 atom stereocenters. The van der Waals surface area contributed by atoms with Gasteiger partial charge < -0.3 is 23.7 Å². The summed E-state index contributed by atoms with van der Waals surface area (Å²) in [5, 5.41) is 0.